The van der Waals surface area contributed by atoms with Crippen molar-refractivity contribution in [2.75, 3.05) is 20.1 Å². The van der Waals surface area contributed by atoms with Crippen molar-refractivity contribution in [2.45, 2.75) is 43.3 Å². The summed E-state index contributed by atoms with van der Waals surface area (Å²) in [4.78, 5) is 10.7. The lowest BCUT2D eigenvalue weighted by Crippen LogP contribution is -2.31. The average Bonchev–Trinajstić information content (AvgIpc) is 3.35. The maximum atomic E-state index is 15.0. The normalized spacial score (nSPS) is 27.1. The van der Waals surface area contributed by atoms with Gasteiger partial charge in [-0.05, 0) is 44.5 Å². The fraction of sp³-hybridized carbons (Fsp3) is 0.476. The number of aromatic nitrogens is 3. The molecule has 29 heavy (non-hydrogen) atoms. The lowest BCUT2D eigenvalue weighted by Gasteiger charge is -2.24. The van der Waals surface area contributed by atoms with Crippen molar-refractivity contribution in [1.82, 2.24) is 19.4 Å². The number of nitriles is 1. The molecule has 1 aliphatic heterocycles. The molecule has 1 saturated heterocycles. The zero-order valence-electron chi connectivity index (χ0n) is 15.9. The summed E-state index contributed by atoms with van der Waals surface area (Å²) < 4.78 is 45.6. The van der Waals surface area contributed by atoms with Crippen LogP contribution in [0.4, 0.5) is 13.2 Å². The summed E-state index contributed by atoms with van der Waals surface area (Å²) in [5.74, 6) is -2.63. The van der Waals surface area contributed by atoms with Crippen LogP contribution < -0.4 is 0 Å². The summed E-state index contributed by atoms with van der Waals surface area (Å²) in [6.45, 7) is -0.154. The van der Waals surface area contributed by atoms with Gasteiger partial charge in [0, 0.05) is 17.8 Å². The SMILES string of the molecule is CN1CC(n2c(C3CCC(F)C3)nc3cnc4ccc(C#N)cc4c32)C(F)(F)C1. The van der Waals surface area contributed by atoms with Crippen LogP contribution in [0.15, 0.2) is 24.4 Å². The zero-order chi connectivity index (χ0) is 20.3. The Kier molecular flexibility index (Phi) is 4.07. The van der Waals surface area contributed by atoms with Gasteiger partial charge in [0.25, 0.3) is 5.92 Å². The molecule has 3 atom stereocenters. The van der Waals surface area contributed by atoms with E-state index in [4.69, 9.17) is 0 Å². The van der Waals surface area contributed by atoms with Crippen LogP contribution in [-0.2, 0) is 0 Å². The van der Waals surface area contributed by atoms with E-state index < -0.39 is 18.1 Å². The highest BCUT2D eigenvalue weighted by molar-refractivity contribution is 6.03. The number of hydrogen-bond donors (Lipinski definition) is 0. The minimum Gasteiger partial charge on any atom is -0.317 e. The van der Waals surface area contributed by atoms with Crippen LogP contribution in [0.3, 0.4) is 0 Å². The number of fused-ring (bicyclic) bond motifs is 3. The Balaban J connectivity index is 1.83. The van der Waals surface area contributed by atoms with Gasteiger partial charge in [0.05, 0.1) is 35.4 Å². The largest absolute Gasteiger partial charge is 0.317 e. The molecule has 0 bridgehead atoms. The van der Waals surface area contributed by atoms with Crippen LogP contribution in [0.5, 0.6) is 0 Å². The second-order valence-corrected chi connectivity index (χ2v) is 8.26. The van der Waals surface area contributed by atoms with Crippen molar-refractivity contribution in [3.05, 3.63) is 35.8 Å². The second-order valence-electron chi connectivity index (χ2n) is 8.26. The van der Waals surface area contributed by atoms with Crippen LogP contribution in [-0.4, -0.2) is 51.7 Å². The van der Waals surface area contributed by atoms with Gasteiger partial charge < -0.3 is 4.57 Å². The van der Waals surface area contributed by atoms with E-state index in [1.165, 1.54) is 0 Å². The fourth-order valence-electron chi connectivity index (χ4n) is 4.86. The molecule has 1 aliphatic carbocycles. The van der Waals surface area contributed by atoms with Crippen LogP contribution in [0, 0.1) is 11.3 Å². The molecular formula is C21H20F3N5. The van der Waals surface area contributed by atoms with Gasteiger partial charge in [-0.1, -0.05) is 0 Å². The van der Waals surface area contributed by atoms with Gasteiger partial charge in [-0.2, -0.15) is 5.26 Å². The van der Waals surface area contributed by atoms with Crippen molar-refractivity contribution < 1.29 is 13.2 Å². The Bertz CT molecular complexity index is 1150. The standard InChI is InChI=1S/C21H20F3N5/c1-28-10-18(21(23,24)11-28)29-19-15-6-12(8-25)2-5-16(15)26-9-17(19)27-20(29)13-3-4-14(22)7-13/h2,5-6,9,13-14,18H,3-4,7,10-11H2,1H3. The number of alkyl halides is 3. The number of imidazole rings is 1. The lowest BCUT2D eigenvalue weighted by atomic mass is 10.1. The lowest BCUT2D eigenvalue weighted by molar-refractivity contribution is -0.0203. The van der Waals surface area contributed by atoms with Crippen LogP contribution in [0.2, 0.25) is 0 Å². The molecule has 3 heterocycles. The predicted octanol–water partition coefficient (Wildman–Crippen LogP) is 4.18. The van der Waals surface area contributed by atoms with Gasteiger partial charge in [-0.15, -0.1) is 0 Å². The first kappa shape index (κ1) is 18.4. The van der Waals surface area contributed by atoms with Crippen molar-refractivity contribution in [3.8, 4) is 6.07 Å². The summed E-state index contributed by atoms with van der Waals surface area (Å²) in [7, 11) is 1.67. The molecule has 5 nitrogen and oxygen atoms in total. The summed E-state index contributed by atoms with van der Waals surface area (Å²) in [5.41, 5.74) is 2.12. The minimum absolute atomic E-state index is 0.180. The van der Waals surface area contributed by atoms with Gasteiger partial charge in [0.2, 0.25) is 0 Å². The number of likely N-dealkylation sites (tertiary alicyclic amines) is 1. The maximum absolute atomic E-state index is 15.0. The first-order valence-electron chi connectivity index (χ1n) is 9.78. The van der Waals surface area contributed by atoms with Gasteiger partial charge >= 0.3 is 0 Å². The van der Waals surface area contributed by atoms with E-state index in [-0.39, 0.29) is 19.0 Å². The number of rotatable bonds is 2. The molecule has 3 aromatic rings. The molecule has 0 amide bonds. The highest BCUT2D eigenvalue weighted by atomic mass is 19.3. The molecule has 8 heteroatoms. The zero-order valence-corrected chi connectivity index (χ0v) is 15.9. The first-order chi connectivity index (χ1) is 13.9. The predicted molar refractivity (Wildman–Crippen MR) is 103 cm³/mol. The fourth-order valence-corrected chi connectivity index (χ4v) is 4.86. The molecule has 0 N–H and O–H groups in total. The van der Waals surface area contributed by atoms with Gasteiger partial charge in [-0.25, -0.2) is 18.2 Å². The van der Waals surface area contributed by atoms with E-state index in [0.29, 0.717) is 52.6 Å². The van der Waals surface area contributed by atoms with E-state index in [2.05, 4.69) is 16.0 Å². The number of nitrogens with zero attached hydrogens (tertiary/aromatic N) is 5. The molecule has 150 valence electrons. The maximum Gasteiger partial charge on any atom is 0.282 e. The Morgan fingerprint density at radius 2 is 2.07 bits per heavy atom. The van der Waals surface area contributed by atoms with E-state index in [9.17, 15) is 9.65 Å². The third kappa shape index (κ3) is 2.87. The molecule has 1 aromatic carbocycles. The van der Waals surface area contributed by atoms with Crippen LogP contribution in [0.25, 0.3) is 21.9 Å². The average molecular weight is 399 g/mol. The summed E-state index contributed by atoms with van der Waals surface area (Å²) >= 11 is 0. The molecule has 0 radical (unpaired) electrons. The third-order valence-corrected chi connectivity index (χ3v) is 6.17. The molecule has 2 fully saturated rings. The molecule has 3 unspecified atom stereocenters. The highest BCUT2D eigenvalue weighted by Gasteiger charge is 2.50. The molecule has 2 aromatic heterocycles. The van der Waals surface area contributed by atoms with Crippen molar-refractivity contribution in [2.24, 2.45) is 0 Å². The Labute approximate surface area is 165 Å². The smallest absolute Gasteiger partial charge is 0.282 e. The number of likely N-dealkylation sites (N-methyl/N-ethyl adjacent to an activating group) is 1. The Morgan fingerprint density at radius 1 is 1.24 bits per heavy atom. The second kappa shape index (κ2) is 6.42. The summed E-state index contributed by atoms with van der Waals surface area (Å²) in [6, 6.07) is 6.06. The monoisotopic (exact) mass is 399 g/mol. The third-order valence-electron chi connectivity index (χ3n) is 6.17. The molecule has 2 aliphatic rings. The van der Waals surface area contributed by atoms with E-state index in [1.54, 1.807) is 40.9 Å². The molecule has 0 spiro atoms. The van der Waals surface area contributed by atoms with Crippen molar-refractivity contribution >= 4 is 21.9 Å². The topological polar surface area (TPSA) is 57.7 Å². The summed E-state index contributed by atoms with van der Waals surface area (Å²) in [5, 5.41) is 9.94. The quantitative estimate of drug-likeness (QED) is 0.649. The number of hydrogen-bond acceptors (Lipinski definition) is 4. The molecule has 1 saturated carbocycles. The van der Waals surface area contributed by atoms with E-state index in [1.807, 2.05) is 0 Å². The highest BCUT2D eigenvalue weighted by Crippen LogP contribution is 2.44. The number of benzene rings is 1. The summed E-state index contributed by atoms with van der Waals surface area (Å²) in [6.07, 6.45) is 1.97. The first-order valence-corrected chi connectivity index (χ1v) is 9.78. The Morgan fingerprint density at radius 3 is 2.72 bits per heavy atom. The van der Waals surface area contributed by atoms with E-state index in [0.717, 1.165) is 0 Å². The van der Waals surface area contributed by atoms with Gasteiger partial charge in [0.15, 0.2) is 0 Å². The molecule has 5 rings (SSSR count). The number of pyridine rings is 1. The van der Waals surface area contributed by atoms with Gasteiger partial charge in [0.1, 0.15) is 23.6 Å². The van der Waals surface area contributed by atoms with E-state index >= 15 is 8.78 Å². The molecular weight excluding hydrogens is 379 g/mol. The van der Waals surface area contributed by atoms with Crippen molar-refractivity contribution in [1.29, 1.82) is 5.26 Å². The minimum atomic E-state index is -2.94. The Hall–Kier alpha value is -2.66. The van der Waals surface area contributed by atoms with Gasteiger partial charge in [-0.3, -0.25) is 9.88 Å². The van der Waals surface area contributed by atoms with Crippen molar-refractivity contribution in [3.63, 3.8) is 0 Å². The number of halogens is 3. The van der Waals surface area contributed by atoms with Crippen LogP contribution >= 0.6 is 0 Å². The van der Waals surface area contributed by atoms with Crippen LogP contribution in [0.1, 0.15) is 42.6 Å².